The molecule has 1 atom stereocenters. The first-order valence-corrected chi connectivity index (χ1v) is 11.2. The lowest BCUT2D eigenvalue weighted by molar-refractivity contribution is -0.137. The summed E-state index contributed by atoms with van der Waals surface area (Å²) in [5.74, 6) is 2.11. The average Bonchev–Trinajstić information content (AvgIpc) is 3.19. The van der Waals surface area contributed by atoms with Gasteiger partial charge in [0.2, 0.25) is 5.91 Å². The molecule has 2 aliphatic rings. The molecular formula is C24H34N4O2. The van der Waals surface area contributed by atoms with Crippen LogP contribution >= 0.6 is 0 Å². The Bertz CT molecular complexity index is 814. The summed E-state index contributed by atoms with van der Waals surface area (Å²) in [7, 11) is 1.90. The third-order valence-corrected chi connectivity index (χ3v) is 6.57. The predicted octanol–water partition coefficient (Wildman–Crippen LogP) is 3.32. The van der Waals surface area contributed by atoms with Gasteiger partial charge in [0.15, 0.2) is 0 Å². The quantitative estimate of drug-likeness (QED) is 0.731. The Kier molecular flexibility index (Phi) is 6.85. The number of aryl methyl sites for hydroxylation is 1. The monoisotopic (exact) mass is 410 g/mol. The number of carbonyl (C=O) groups excluding carboxylic acids is 1. The third-order valence-electron chi connectivity index (χ3n) is 6.57. The maximum Gasteiger partial charge on any atom is 0.227 e. The van der Waals surface area contributed by atoms with Gasteiger partial charge < -0.3 is 9.32 Å². The van der Waals surface area contributed by atoms with Crippen molar-refractivity contribution in [3.05, 3.63) is 53.7 Å². The number of likely N-dealkylation sites (tertiary alicyclic amines) is 2. The van der Waals surface area contributed by atoms with Crippen LogP contribution in [0.4, 0.5) is 0 Å². The molecule has 4 heterocycles. The number of nitrogens with zero attached hydrogens (tertiary/aromatic N) is 4. The van der Waals surface area contributed by atoms with E-state index >= 15 is 0 Å². The Morgan fingerprint density at radius 1 is 1.20 bits per heavy atom. The van der Waals surface area contributed by atoms with Gasteiger partial charge in [-0.2, -0.15) is 0 Å². The largest absolute Gasteiger partial charge is 0.464 e. The summed E-state index contributed by atoms with van der Waals surface area (Å²) in [6.07, 6.45) is 8.27. The zero-order chi connectivity index (χ0) is 20.9. The van der Waals surface area contributed by atoms with Gasteiger partial charge in [-0.25, -0.2) is 0 Å². The first kappa shape index (κ1) is 21.1. The molecule has 0 saturated carbocycles. The topological polar surface area (TPSA) is 52.8 Å². The normalized spacial score (nSPS) is 21.6. The Hall–Kier alpha value is -2.18. The maximum absolute atomic E-state index is 13.0. The van der Waals surface area contributed by atoms with Gasteiger partial charge in [-0.05, 0) is 76.0 Å². The molecule has 0 unspecified atom stereocenters. The smallest absolute Gasteiger partial charge is 0.227 e. The zero-order valence-corrected chi connectivity index (χ0v) is 18.3. The number of aromatic nitrogens is 1. The van der Waals surface area contributed by atoms with Gasteiger partial charge in [-0.3, -0.25) is 19.6 Å². The summed E-state index contributed by atoms with van der Waals surface area (Å²) < 4.78 is 5.65. The molecule has 0 aromatic carbocycles. The highest BCUT2D eigenvalue weighted by atomic mass is 16.3. The summed E-state index contributed by atoms with van der Waals surface area (Å²) in [4.78, 5) is 24.2. The second-order valence-electron chi connectivity index (χ2n) is 8.91. The lowest BCUT2D eigenvalue weighted by atomic mass is 9.93. The van der Waals surface area contributed by atoms with Crippen LogP contribution in [0.2, 0.25) is 0 Å². The molecule has 0 radical (unpaired) electrons. The second kappa shape index (κ2) is 9.75. The molecule has 0 bridgehead atoms. The molecular weight excluding hydrogens is 376 g/mol. The number of hydrogen-bond donors (Lipinski definition) is 0. The van der Waals surface area contributed by atoms with E-state index in [-0.39, 0.29) is 11.8 Å². The second-order valence-corrected chi connectivity index (χ2v) is 8.91. The Labute approximate surface area is 179 Å². The molecule has 1 amide bonds. The van der Waals surface area contributed by atoms with Crippen LogP contribution in [0.1, 0.15) is 42.8 Å². The molecule has 0 aliphatic carbocycles. The van der Waals surface area contributed by atoms with Crippen molar-refractivity contribution in [2.24, 2.45) is 5.92 Å². The van der Waals surface area contributed by atoms with E-state index in [1.165, 1.54) is 18.4 Å². The van der Waals surface area contributed by atoms with Crippen LogP contribution < -0.4 is 0 Å². The Balaban J connectivity index is 1.26. The fraction of sp³-hybridized carbons (Fsp3) is 0.583. The van der Waals surface area contributed by atoms with Gasteiger partial charge in [0.1, 0.15) is 11.5 Å². The van der Waals surface area contributed by atoms with Crippen molar-refractivity contribution in [1.82, 2.24) is 19.7 Å². The highest BCUT2D eigenvalue weighted by molar-refractivity contribution is 5.78. The first-order chi connectivity index (χ1) is 14.6. The lowest BCUT2D eigenvalue weighted by Gasteiger charge is -2.42. The van der Waals surface area contributed by atoms with Crippen LogP contribution in [-0.2, 0) is 17.9 Å². The van der Waals surface area contributed by atoms with E-state index in [2.05, 4.69) is 20.9 Å². The number of pyridine rings is 1. The Morgan fingerprint density at radius 2 is 2.03 bits per heavy atom. The van der Waals surface area contributed by atoms with E-state index in [9.17, 15) is 4.79 Å². The summed E-state index contributed by atoms with van der Waals surface area (Å²) in [6, 6.07) is 8.68. The average molecular weight is 411 g/mol. The van der Waals surface area contributed by atoms with Crippen molar-refractivity contribution >= 4 is 5.91 Å². The number of amides is 1. The van der Waals surface area contributed by atoms with Crippen LogP contribution in [0, 0.1) is 12.8 Å². The number of carbonyl (C=O) groups is 1. The maximum atomic E-state index is 13.0. The minimum absolute atomic E-state index is 0.105. The van der Waals surface area contributed by atoms with Crippen molar-refractivity contribution in [1.29, 1.82) is 0 Å². The standard InChI is InChI=1S/C24H34N4O2/c1-19-7-8-23(30-19)18-26(2)24(29)21-6-4-12-28(17-21)22-9-13-27(14-10-22)16-20-5-3-11-25-15-20/h3,5,7-8,11,15,21-22H,4,6,9-10,12-14,16-18H2,1-2H3/t21-/m0/s1. The molecule has 30 heavy (non-hydrogen) atoms. The Morgan fingerprint density at radius 3 is 2.73 bits per heavy atom. The van der Waals surface area contributed by atoms with Crippen LogP contribution in [0.15, 0.2) is 41.1 Å². The van der Waals surface area contributed by atoms with Crippen LogP contribution in [-0.4, -0.2) is 64.9 Å². The van der Waals surface area contributed by atoms with Crippen molar-refractivity contribution in [2.75, 3.05) is 33.2 Å². The van der Waals surface area contributed by atoms with E-state index in [1.54, 1.807) is 0 Å². The highest BCUT2D eigenvalue weighted by Gasteiger charge is 2.33. The van der Waals surface area contributed by atoms with E-state index < -0.39 is 0 Å². The van der Waals surface area contributed by atoms with E-state index in [1.807, 2.05) is 49.5 Å². The third kappa shape index (κ3) is 5.29. The molecule has 6 nitrogen and oxygen atoms in total. The molecule has 4 rings (SSSR count). The van der Waals surface area contributed by atoms with Crippen molar-refractivity contribution in [2.45, 2.75) is 51.7 Å². The zero-order valence-electron chi connectivity index (χ0n) is 18.3. The lowest BCUT2D eigenvalue weighted by Crippen LogP contribution is -2.50. The molecule has 6 heteroatoms. The van der Waals surface area contributed by atoms with E-state index in [0.29, 0.717) is 12.6 Å². The van der Waals surface area contributed by atoms with Gasteiger partial charge in [0, 0.05) is 38.6 Å². The van der Waals surface area contributed by atoms with E-state index in [0.717, 1.165) is 57.1 Å². The van der Waals surface area contributed by atoms with Crippen molar-refractivity contribution in [3.8, 4) is 0 Å². The number of rotatable bonds is 6. The van der Waals surface area contributed by atoms with Crippen LogP contribution in [0.25, 0.3) is 0 Å². The SMILES string of the molecule is Cc1ccc(CN(C)C(=O)[C@H]2CCCN(C3CCN(Cc4cccnc4)CC3)C2)o1. The molecule has 2 fully saturated rings. The van der Waals surface area contributed by atoms with Gasteiger partial charge in [-0.15, -0.1) is 0 Å². The van der Waals surface area contributed by atoms with Crippen molar-refractivity contribution < 1.29 is 9.21 Å². The summed E-state index contributed by atoms with van der Waals surface area (Å²) in [5, 5.41) is 0. The van der Waals surface area contributed by atoms with Crippen LogP contribution in [0.5, 0.6) is 0 Å². The van der Waals surface area contributed by atoms with Crippen LogP contribution in [0.3, 0.4) is 0 Å². The number of hydrogen-bond acceptors (Lipinski definition) is 5. The molecule has 0 N–H and O–H groups in total. The predicted molar refractivity (Wildman–Crippen MR) is 117 cm³/mol. The number of piperidine rings is 2. The van der Waals surface area contributed by atoms with Crippen molar-refractivity contribution in [3.63, 3.8) is 0 Å². The molecule has 0 spiro atoms. The number of furan rings is 1. The molecule has 2 aliphatic heterocycles. The van der Waals surface area contributed by atoms with E-state index in [4.69, 9.17) is 4.42 Å². The fourth-order valence-corrected chi connectivity index (χ4v) is 4.93. The molecule has 2 saturated heterocycles. The summed E-state index contributed by atoms with van der Waals surface area (Å²) in [6.45, 7) is 7.73. The highest BCUT2D eigenvalue weighted by Crippen LogP contribution is 2.26. The van der Waals surface area contributed by atoms with Gasteiger partial charge in [0.25, 0.3) is 0 Å². The van der Waals surface area contributed by atoms with Gasteiger partial charge in [0.05, 0.1) is 12.5 Å². The molecule has 2 aromatic rings. The molecule has 2 aromatic heterocycles. The summed E-state index contributed by atoms with van der Waals surface area (Å²) >= 11 is 0. The first-order valence-electron chi connectivity index (χ1n) is 11.2. The van der Waals surface area contributed by atoms with Gasteiger partial charge in [-0.1, -0.05) is 6.07 Å². The fourth-order valence-electron chi connectivity index (χ4n) is 4.93. The summed E-state index contributed by atoms with van der Waals surface area (Å²) in [5.41, 5.74) is 1.29. The minimum Gasteiger partial charge on any atom is -0.464 e. The minimum atomic E-state index is 0.105. The molecule has 162 valence electrons. The van der Waals surface area contributed by atoms with Gasteiger partial charge >= 0.3 is 0 Å².